The van der Waals surface area contributed by atoms with Crippen LogP contribution in [0.25, 0.3) is 0 Å². The summed E-state index contributed by atoms with van der Waals surface area (Å²) >= 11 is 0. The van der Waals surface area contributed by atoms with Crippen LogP contribution < -0.4 is 5.73 Å². The zero-order valence-corrected chi connectivity index (χ0v) is 20.8. The summed E-state index contributed by atoms with van der Waals surface area (Å²) in [5.74, 6) is 2.91. The van der Waals surface area contributed by atoms with Crippen LogP contribution in [0.4, 0.5) is 0 Å². The van der Waals surface area contributed by atoms with Gasteiger partial charge in [-0.05, 0) is 85.4 Å². The van der Waals surface area contributed by atoms with E-state index in [1.54, 1.807) is 0 Å². The zero-order chi connectivity index (χ0) is 18.9. The third kappa shape index (κ3) is 4.04. The van der Waals surface area contributed by atoms with Crippen molar-refractivity contribution in [1.82, 2.24) is 0 Å². The Morgan fingerprint density at radius 3 is 2.14 bits per heavy atom. The van der Waals surface area contributed by atoms with Gasteiger partial charge in [0.15, 0.2) is 0 Å². The summed E-state index contributed by atoms with van der Waals surface area (Å²) < 4.78 is 0. The fraction of sp³-hybridized carbons (Fsp3) is 0.917. The van der Waals surface area contributed by atoms with E-state index in [1.165, 1.54) is 25.7 Å². The molecule has 3 nitrogen and oxygen atoms in total. The maximum atomic E-state index is 11.3. The van der Waals surface area contributed by atoms with Crippen LogP contribution in [-0.2, 0) is 33.6 Å². The molecule has 4 fully saturated rings. The second-order valence-electron chi connectivity index (χ2n) is 10.9. The number of fused-ring (bicyclic) bond motifs is 5. The van der Waals surface area contributed by atoms with Gasteiger partial charge in [0.25, 0.3) is 0 Å². The molecule has 4 unspecified atom stereocenters. The molecule has 0 bridgehead atoms. The summed E-state index contributed by atoms with van der Waals surface area (Å²) in [5, 5.41) is 22.4. The second kappa shape index (κ2) is 9.80. The third-order valence-electron chi connectivity index (χ3n) is 10.0. The van der Waals surface area contributed by atoms with E-state index in [4.69, 9.17) is 5.73 Å². The Hall–Kier alpha value is 0.893. The minimum absolute atomic E-state index is 0. The minimum atomic E-state index is -0.598. The maximum Gasteiger partial charge on any atom is 0.0836 e. The van der Waals surface area contributed by atoms with Crippen molar-refractivity contribution < 1.29 is 43.8 Å². The average molecular weight is 495 g/mol. The summed E-state index contributed by atoms with van der Waals surface area (Å²) in [6.45, 7) is 11.4. The molecule has 2 radical (unpaired) electrons. The molecule has 176 valence electrons. The van der Waals surface area contributed by atoms with Gasteiger partial charge in [0.2, 0.25) is 0 Å². The summed E-state index contributed by atoms with van der Waals surface area (Å²) in [6, 6.07) is 0.189. The Morgan fingerprint density at radius 2 is 1.52 bits per heavy atom. The largest absolute Gasteiger partial charge is 0.390 e. The van der Waals surface area contributed by atoms with Crippen LogP contribution in [0.15, 0.2) is 0 Å². The Balaban J connectivity index is 0.00000140. The zero-order valence-electron chi connectivity index (χ0n) is 18.7. The van der Waals surface area contributed by atoms with E-state index in [0.29, 0.717) is 23.2 Å². The summed E-state index contributed by atoms with van der Waals surface area (Å²) in [4.78, 5) is 0. The van der Waals surface area contributed by atoms with Gasteiger partial charge < -0.3 is 30.3 Å². The van der Waals surface area contributed by atoms with Crippen molar-refractivity contribution in [1.29, 1.82) is 0 Å². The van der Waals surface area contributed by atoms with Crippen LogP contribution in [-0.4, -0.2) is 28.5 Å². The van der Waals surface area contributed by atoms with Gasteiger partial charge in [-0.25, -0.2) is 0 Å². The molecule has 0 aromatic heterocycles. The minimum Gasteiger partial charge on any atom is -0.390 e. The number of hydrogen-bond acceptors (Lipinski definition) is 3. The van der Waals surface area contributed by atoms with E-state index in [1.807, 2.05) is 0 Å². The Kier molecular flexibility index (Phi) is 9.44. The first kappa shape index (κ1) is 27.9. The summed E-state index contributed by atoms with van der Waals surface area (Å²) in [5.41, 5.74) is 6.71. The first-order chi connectivity index (χ1) is 12.2. The van der Waals surface area contributed by atoms with Gasteiger partial charge in [0.1, 0.15) is 0 Å². The molecule has 4 rings (SSSR count). The van der Waals surface area contributed by atoms with E-state index >= 15 is 0 Å². The van der Waals surface area contributed by atoms with Crippen LogP contribution >= 0.6 is 0 Å². The monoisotopic (exact) mass is 495 g/mol. The third-order valence-corrected chi connectivity index (χ3v) is 10.0. The van der Waals surface area contributed by atoms with E-state index in [-0.39, 0.29) is 64.3 Å². The van der Waals surface area contributed by atoms with Crippen molar-refractivity contribution in [3.8, 4) is 0 Å². The van der Waals surface area contributed by atoms with Crippen LogP contribution in [0, 0.1) is 60.7 Å². The van der Waals surface area contributed by atoms with Crippen LogP contribution in [0.1, 0.15) is 72.1 Å². The Morgan fingerprint density at radius 1 is 0.931 bits per heavy atom. The molecule has 4 aliphatic rings. The SMILES string of the molecule is [CH2-]C[C@@H](C)[C@H]1CCC2C3C(CC[C@@]21C)[C@@]1(C)CC[C@H](N)CC1[C@@H](O)[C@@H]3O.[CH3-].[Co].[Co]. The van der Waals surface area contributed by atoms with E-state index in [9.17, 15) is 10.2 Å². The fourth-order valence-corrected chi connectivity index (χ4v) is 8.47. The van der Waals surface area contributed by atoms with Crippen molar-refractivity contribution in [3.05, 3.63) is 14.4 Å². The average Bonchev–Trinajstić information content (AvgIpc) is 2.97. The van der Waals surface area contributed by atoms with Crippen molar-refractivity contribution >= 4 is 0 Å². The molecule has 4 aliphatic carbocycles. The molecule has 4 N–H and O–H groups in total. The quantitative estimate of drug-likeness (QED) is 0.503. The molecular weight excluding hydrogens is 452 g/mol. The van der Waals surface area contributed by atoms with Gasteiger partial charge in [-0.3, -0.25) is 0 Å². The number of hydrogen-bond donors (Lipinski definition) is 3. The van der Waals surface area contributed by atoms with Gasteiger partial charge in [-0.15, -0.1) is 0 Å². The second-order valence-corrected chi connectivity index (χ2v) is 10.9. The smallest absolute Gasteiger partial charge is 0.0836 e. The van der Waals surface area contributed by atoms with Gasteiger partial charge in [0, 0.05) is 39.6 Å². The predicted molar refractivity (Wildman–Crippen MR) is 112 cm³/mol. The first-order valence-electron chi connectivity index (χ1n) is 11.1. The molecule has 0 saturated heterocycles. The molecule has 0 amide bonds. The molecule has 0 spiro atoms. The molecule has 0 aromatic rings. The van der Waals surface area contributed by atoms with Crippen molar-refractivity contribution in [2.45, 2.75) is 90.4 Å². The van der Waals surface area contributed by atoms with Gasteiger partial charge in [0.05, 0.1) is 12.2 Å². The Bertz CT molecular complexity index is 549. The maximum absolute atomic E-state index is 11.3. The number of aliphatic hydroxyl groups is 2. The molecule has 0 aromatic carbocycles. The van der Waals surface area contributed by atoms with E-state index in [0.717, 1.165) is 31.6 Å². The molecule has 0 aliphatic heterocycles. The molecule has 5 heteroatoms. The standard InChI is InChI=1S/C23H40NO2.CH3.2Co/c1-5-13(2)15-6-7-16-19-17(9-11-22(15,16)3)23(4)10-8-14(24)12-18(23)20(25)21(19)26;;;/h13-21,25-26H,1,5-12,24H2,2-4H3;1H3;;/q2*-1;;/t13-,14+,15-,16?,17?,18?,19?,20-,21-,22-,23-;;;/m1.../s1. The number of aliphatic hydroxyl groups excluding tert-OH is 2. The topological polar surface area (TPSA) is 66.5 Å². The van der Waals surface area contributed by atoms with E-state index in [2.05, 4.69) is 27.7 Å². The van der Waals surface area contributed by atoms with Crippen molar-refractivity contribution in [2.24, 2.45) is 52.1 Å². The van der Waals surface area contributed by atoms with Crippen molar-refractivity contribution in [3.63, 3.8) is 0 Å². The molecule has 4 saturated carbocycles. The van der Waals surface area contributed by atoms with Gasteiger partial charge in [-0.2, -0.15) is 6.42 Å². The summed E-state index contributed by atoms with van der Waals surface area (Å²) in [6.07, 6.45) is 7.89. The number of rotatable bonds is 2. The molecular formula is C24H43Co2NO2-2. The van der Waals surface area contributed by atoms with Gasteiger partial charge in [-0.1, -0.05) is 26.7 Å². The first-order valence-corrected chi connectivity index (χ1v) is 11.1. The van der Waals surface area contributed by atoms with Crippen LogP contribution in [0.3, 0.4) is 0 Å². The fourth-order valence-electron chi connectivity index (χ4n) is 8.47. The molecule has 11 atom stereocenters. The number of nitrogens with two attached hydrogens (primary N) is 1. The van der Waals surface area contributed by atoms with E-state index < -0.39 is 12.2 Å². The molecule has 0 heterocycles. The van der Waals surface area contributed by atoms with Crippen LogP contribution in [0.5, 0.6) is 0 Å². The summed E-state index contributed by atoms with van der Waals surface area (Å²) in [7, 11) is 0. The Labute approximate surface area is 200 Å². The van der Waals surface area contributed by atoms with Gasteiger partial charge >= 0.3 is 0 Å². The van der Waals surface area contributed by atoms with Crippen LogP contribution in [0.2, 0.25) is 0 Å². The normalized spacial score (nSPS) is 51.8. The molecule has 29 heavy (non-hydrogen) atoms. The van der Waals surface area contributed by atoms with Crippen molar-refractivity contribution in [2.75, 3.05) is 0 Å². The predicted octanol–water partition coefficient (Wildman–Crippen LogP) is 4.22.